The molecule has 0 radical (unpaired) electrons. The van der Waals surface area contributed by atoms with Crippen LogP contribution in [0.5, 0.6) is 5.75 Å². The van der Waals surface area contributed by atoms with E-state index in [0.717, 1.165) is 17.7 Å². The number of hydrogen-bond acceptors (Lipinski definition) is 4. The van der Waals surface area contributed by atoms with Gasteiger partial charge in [0.2, 0.25) is 0 Å². The zero-order valence-electron chi connectivity index (χ0n) is 10.1. The van der Waals surface area contributed by atoms with Gasteiger partial charge < -0.3 is 14.8 Å². The molecule has 1 aromatic rings. The highest BCUT2D eigenvalue weighted by Crippen LogP contribution is 2.27. The topological polar surface area (TPSA) is 64.6 Å². The lowest BCUT2D eigenvalue weighted by atomic mass is 10.1. The van der Waals surface area contributed by atoms with Crippen LogP contribution in [0.2, 0.25) is 0 Å². The van der Waals surface area contributed by atoms with Crippen LogP contribution in [0.1, 0.15) is 12.5 Å². The Bertz CT molecular complexity index is 433. The number of fused-ring (bicyclic) bond motifs is 1. The molecule has 1 aliphatic heterocycles. The van der Waals surface area contributed by atoms with Crippen LogP contribution in [0.15, 0.2) is 24.3 Å². The third-order valence-corrected chi connectivity index (χ3v) is 2.66. The van der Waals surface area contributed by atoms with Crippen molar-refractivity contribution in [3.8, 4) is 5.75 Å². The van der Waals surface area contributed by atoms with Gasteiger partial charge in [0.1, 0.15) is 11.9 Å². The molecule has 18 heavy (non-hydrogen) atoms. The fourth-order valence-corrected chi connectivity index (χ4v) is 1.84. The van der Waals surface area contributed by atoms with Gasteiger partial charge in [-0.3, -0.25) is 4.79 Å². The summed E-state index contributed by atoms with van der Waals surface area (Å²) in [4.78, 5) is 22.4. The van der Waals surface area contributed by atoms with E-state index in [1.54, 1.807) is 6.92 Å². The Morgan fingerprint density at radius 1 is 1.44 bits per heavy atom. The Labute approximate surface area is 105 Å². The van der Waals surface area contributed by atoms with Crippen LogP contribution >= 0.6 is 0 Å². The second-order valence-corrected chi connectivity index (χ2v) is 3.98. The predicted molar refractivity (Wildman–Crippen MR) is 64.2 cm³/mol. The van der Waals surface area contributed by atoms with E-state index in [2.05, 4.69) is 10.1 Å². The van der Waals surface area contributed by atoms with Crippen molar-refractivity contribution < 1.29 is 19.1 Å². The number of nitrogens with one attached hydrogen (secondary N) is 1. The van der Waals surface area contributed by atoms with Crippen LogP contribution < -0.4 is 10.1 Å². The van der Waals surface area contributed by atoms with E-state index in [0.29, 0.717) is 6.54 Å². The molecule has 1 aliphatic rings. The van der Waals surface area contributed by atoms with E-state index < -0.39 is 11.9 Å². The van der Waals surface area contributed by atoms with Gasteiger partial charge in [-0.25, -0.2) is 4.79 Å². The van der Waals surface area contributed by atoms with E-state index >= 15 is 0 Å². The monoisotopic (exact) mass is 249 g/mol. The fraction of sp³-hybridized carbons (Fsp3) is 0.385. The lowest BCUT2D eigenvalue weighted by Gasteiger charge is -2.11. The zero-order chi connectivity index (χ0) is 13.0. The molecule has 1 atom stereocenters. The Morgan fingerprint density at radius 3 is 2.94 bits per heavy atom. The number of hydrogen-bond donors (Lipinski definition) is 1. The van der Waals surface area contributed by atoms with Gasteiger partial charge in [0.05, 0.1) is 13.2 Å². The minimum atomic E-state index is -0.854. The summed E-state index contributed by atoms with van der Waals surface area (Å²) in [6.45, 7) is 2.14. The van der Waals surface area contributed by atoms with Gasteiger partial charge in [0.15, 0.2) is 0 Å². The maximum atomic E-state index is 11.3. The summed E-state index contributed by atoms with van der Waals surface area (Å²) in [6.07, 6.45) is 0.611. The number of amides is 1. The zero-order valence-corrected chi connectivity index (χ0v) is 10.1. The summed E-state index contributed by atoms with van der Waals surface area (Å²) in [5, 5.41) is 2.51. The van der Waals surface area contributed by atoms with Gasteiger partial charge in [-0.05, 0) is 18.6 Å². The van der Waals surface area contributed by atoms with Crippen LogP contribution in [0.3, 0.4) is 0 Å². The quantitative estimate of drug-likeness (QED) is 0.631. The number of carbonyl (C=O) groups is 2. The van der Waals surface area contributed by atoms with Crippen molar-refractivity contribution >= 4 is 11.9 Å². The lowest BCUT2D eigenvalue weighted by Crippen LogP contribution is -2.39. The van der Waals surface area contributed by atoms with Gasteiger partial charge in [0, 0.05) is 6.42 Å². The van der Waals surface area contributed by atoms with Crippen LogP contribution in [0.4, 0.5) is 0 Å². The van der Waals surface area contributed by atoms with Crippen LogP contribution in [-0.2, 0) is 20.7 Å². The van der Waals surface area contributed by atoms with Crippen molar-refractivity contribution in [3.05, 3.63) is 29.8 Å². The molecule has 1 amide bonds. The Balaban J connectivity index is 1.80. The first-order chi connectivity index (χ1) is 8.70. The Morgan fingerprint density at radius 2 is 2.22 bits per heavy atom. The highest BCUT2D eigenvalue weighted by atomic mass is 16.5. The molecule has 1 N–H and O–H groups in total. The Hall–Kier alpha value is -2.04. The molecule has 5 heteroatoms. The van der Waals surface area contributed by atoms with E-state index in [4.69, 9.17) is 4.74 Å². The third kappa shape index (κ3) is 2.80. The van der Waals surface area contributed by atoms with Gasteiger partial charge in [-0.2, -0.15) is 0 Å². The maximum absolute atomic E-state index is 11.3. The molecule has 0 bridgehead atoms. The Kier molecular flexibility index (Phi) is 3.82. The maximum Gasteiger partial charge on any atom is 0.396 e. The number of esters is 1. The summed E-state index contributed by atoms with van der Waals surface area (Å²) in [7, 11) is 0. The first kappa shape index (κ1) is 12.4. The molecule has 1 unspecified atom stereocenters. The van der Waals surface area contributed by atoms with E-state index in [1.807, 2.05) is 24.3 Å². The minimum Gasteiger partial charge on any atom is -0.488 e. The molecule has 1 aromatic carbocycles. The predicted octanol–water partition coefficient (Wildman–Crippen LogP) is 0.669. The molecule has 0 aliphatic carbocycles. The van der Waals surface area contributed by atoms with Crippen LogP contribution in [-0.4, -0.2) is 31.1 Å². The van der Waals surface area contributed by atoms with E-state index in [1.165, 1.54) is 0 Å². The van der Waals surface area contributed by atoms with E-state index in [-0.39, 0.29) is 12.7 Å². The average molecular weight is 249 g/mol. The van der Waals surface area contributed by atoms with Crippen LogP contribution in [0.25, 0.3) is 0 Å². The van der Waals surface area contributed by atoms with Crippen molar-refractivity contribution in [3.63, 3.8) is 0 Å². The van der Waals surface area contributed by atoms with Crippen LogP contribution in [0, 0.1) is 0 Å². The summed E-state index contributed by atoms with van der Waals surface area (Å²) in [6, 6.07) is 7.73. The molecule has 0 saturated carbocycles. The van der Waals surface area contributed by atoms with Crippen molar-refractivity contribution in [1.82, 2.24) is 5.32 Å². The van der Waals surface area contributed by atoms with Gasteiger partial charge in [-0.15, -0.1) is 0 Å². The summed E-state index contributed by atoms with van der Waals surface area (Å²) < 4.78 is 10.2. The molecule has 0 aromatic heterocycles. The first-order valence-electron chi connectivity index (χ1n) is 5.90. The van der Waals surface area contributed by atoms with Crippen molar-refractivity contribution in [1.29, 1.82) is 0 Å². The van der Waals surface area contributed by atoms with Crippen molar-refractivity contribution in [2.75, 3.05) is 13.2 Å². The van der Waals surface area contributed by atoms with Gasteiger partial charge in [-0.1, -0.05) is 18.2 Å². The largest absolute Gasteiger partial charge is 0.488 e. The van der Waals surface area contributed by atoms with Gasteiger partial charge in [0.25, 0.3) is 0 Å². The lowest BCUT2D eigenvalue weighted by molar-refractivity contribution is -0.154. The molecule has 96 valence electrons. The van der Waals surface area contributed by atoms with Crippen molar-refractivity contribution in [2.45, 2.75) is 19.4 Å². The molecule has 5 nitrogen and oxygen atoms in total. The fourth-order valence-electron chi connectivity index (χ4n) is 1.84. The third-order valence-electron chi connectivity index (χ3n) is 2.66. The van der Waals surface area contributed by atoms with E-state index in [9.17, 15) is 9.59 Å². The highest BCUT2D eigenvalue weighted by molar-refractivity contribution is 6.32. The van der Waals surface area contributed by atoms with Gasteiger partial charge >= 0.3 is 11.9 Å². The molecular weight excluding hydrogens is 234 g/mol. The number of ether oxygens (including phenoxy) is 2. The first-order valence-corrected chi connectivity index (χ1v) is 5.90. The molecule has 1 heterocycles. The number of carbonyl (C=O) groups excluding carboxylic acids is 2. The molecule has 0 spiro atoms. The highest BCUT2D eigenvalue weighted by Gasteiger charge is 2.24. The summed E-state index contributed by atoms with van der Waals surface area (Å²) in [5.41, 5.74) is 1.12. The summed E-state index contributed by atoms with van der Waals surface area (Å²) >= 11 is 0. The molecule has 0 saturated heterocycles. The number of para-hydroxylation sites is 1. The molecular formula is C13H15NO4. The molecule has 0 fully saturated rings. The minimum absolute atomic E-state index is 0.124. The summed E-state index contributed by atoms with van der Waals surface area (Å²) in [5.74, 6) is -0.739. The average Bonchev–Trinajstić information content (AvgIpc) is 2.78. The number of benzene rings is 1. The second kappa shape index (κ2) is 5.53. The van der Waals surface area contributed by atoms with Crippen molar-refractivity contribution in [2.24, 2.45) is 0 Å². The molecule has 2 rings (SSSR count). The smallest absolute Gasteiger partial charge is 0.396 e. The second-order valence-electron chi connectivity index (χ2n) is 3.98. The normalized spacial score (nSPS) is 16.6. The SMILES string of the molecule is CCOC(=O)C(=O)NCC1Cc2ccccc2O1. The number of rotatable bonds is 3. The standard InChI is InChI=1S/C13H15NO4/c1-2-17-13(16)12(15)14-8-10-7-9-5-3-4-6-11(9)18-10/h3-6,10H,2,7-8H2,1H3,(H,14,15).